The van der Waals surface area contributed by atoms with Gasteiger partial charge in [0.15, 0.2) is 5.78 Å². The second kappa shape index (κ2) is 14.9. The second-order valence-corrected chi connectivity index (χ2v) is 13.3. The van der Waals surface area contributed by atoms with Gasteiger partial charge in [0, 0.05) is 40.8 Å². The molecule has 8 bridgehead atoms. The van der Waals surface area contributed by atoms with Gasteiger partial charge in [-0.1, -0.05) is 67.0 Å². The van der Waals surface area contributed by atoms with Crippen LogP contribution in [0.4, 0.5) is 0 Å². The summed E-state index contributed by atoms with van der Waals surface area (Å²) in [7, 11) is 1.26. The van der Waals surface area contributed by atoms with E-state index in [1.165, 1.54) is 7.11 Å². The third-order valence-electron chi connectivity index (χ3n) is 10.1. The first-order valence-electron chi connectivity index (χ1n) is 16.9. The molecule has 3 aromatic heterocycles. The number of Topliss-reactive ketones (excluding diaryl/α,β-unsaturated/α-hetero) is 1. The minimum absolute atomic E-state index is 0. The summed E-state index contributed by atoms with van der Waals surface area (Å²) in [6.45, 7) is 15.9. The van der Waals surface area contributed by atoms with E-state index in [4.69, 9.17) is 24.4 Å². The maximum absolute atomic E-state index is 14.2. The van der Waals surface area contributed by atoms with Gasteiger partial charge < -0.3 is 29.7 Å². The first-order valence-corrected chi connectivity index (χ1v) is 16.9. The van der Waals surface area contributed by atoms with Crippen LogP contribution < -0.4 is 31.0 Å². The summed E-state index contributed by atoms with van der Waals surface area (Å²) in [4.78, 5) is 67.9. The number of nitrogens with one attached hydrogen (secondary N) is 1. The molecule has 2 aliphatic heterocycles. The van der Waals surface area contributed by atoms with Crippen molar-refractivity contribution in [1.29, 1.82) is 0 Å². The quantitative estimate of drug-likeness (QED) is 0.116. The minimum Gasteiger partial charge on any atom is -0.657 e. The first-order chi connectivity index (χ1) is 23.9. The molecule has 260 valence electrons. The van der Waals surface area contributed by atoms with Gasteiger partial charge in [0.1, 0.15) is 18.8 Å². The van der Waals surface area contributed by atoms with E-state index in [0.29, 0.717) is 80.2 Å². The Morgan fingerprint density at radius 2 is 1.71 bits per heavy atom. The summed E-state index contributed by atoms with van der Waals surface area (Å²) in [5, 5.41) is 4.95. The van der Waals surface area contributed by atoms with Crippen molar-refractivity contribution in [2.75, 3.05) is 13.7 Å². The van der Waals surface area contributed by atoms with Gasteiger partial charge in [0.25, 0.3) is 0 Å². The maximum atomic E-state index is 14.2. The fourth-order valence-electron chi connectivity index (χ4n) is 7.37. The van der Waals surface area contributed by atoms with Gasteiger partial charge in [-0.3, -0.25) is 19.2 Å². The van der Waals surface area contributed by atoms with Crippen LogP contribution in [0.3, 0.4) is 0 Å². The smallest absolute Gasteiger partial charge is 0.657 e. The normalized spacial score (nSPS) is 22.3. The van der Waals surface area contributed by atoms with Gasteiger partial charge in [-0.15, -0.1) is 33.5 Å². The van der Waals surface area contributed by atoms with Crippen molar-refractivity contribution < 1.29 is 28.7 Å². The standard InChI is InChI=1S/C40H43N4O6.Mg/c1-9-23-20(5)27-15-31-24(10-2)26(18-45)32(42-31)16-28-21(6)25(11-12-33(46)50-14-13-19(3)4)37(43-28)35-36(40(48)49-8)39(47)34-22(7)29(44-38(34)35)17-30(23)41-27;/h10,13,15-18,21,25,36H,2,9,11-12,14H2,1,3-8H3,(H3,42,43,44,45,47);/q-1;+2/p-2/b27-15-,30-17-;/t21-,25-,36+;/m0./s1. The molecule has 0 spiro atoms. The summed E-state index contributed by atoms with van der Waals surface area (Å²) in [5.74, 6) is -3.25. The zero-order valence-electron chi connectivity index (χ0n) is 30.2. The van der Waals surface area contributed by atoms with E-state index in [1.807, 2.05) is 58.9 Å². The fourth-order valence-corrected chi connectivity index (χ4v) is 7.37. The van der Waals surface area contributed by atoms with Crippen LogP contribution in [0.1, 0.15) is 106 Å². The van der Waals surface area contributed by atoms with E-state index in [1.54, 1.807) is 6.08 Å². The molecule has 3 aromatic rings. The number of fused-ring (bicyclic) bond motifs is 7. The van der Waals surface area contributed by atoms with E-state index in [0.717, 1.165) is 28.3 Å². The number of aromatic nitrogens is 3. The van der Waals surface area contributed by atoms with E-state index in [-0.39, 0.29) is 59.7 Å². The maximum Gasteiger partial charge on any atom is 2.00 e. The molecular weight excluding hydrogens is 657 g/mol. The molecule has 3 atom stereocenters. The molecule has 5 heterocycles. The summed E-state index contributed by atoms with van der Waals surface area (Å²) < 4.78 is 10.6. The number of ether oxygens (including phenoxy) is 2. The van der Waals surface area contributed by atoms with Crippen LogP contribution in [0.2, 0.25) is 0 Å². The van der Waals surface area contributed by atoms with Crippen molar-refractivity contribution in [3.05, 3.63) is 96.5 Å². The van der Waals surface area contributed by atoms with Gasteiger partial charge in [0.05, 0.1) is 7.11 Å². The molecule has 1 aliphatic carbocycles. The van der Waals surface area contributed by atoms with Crippen LogP contribution in [-0.2, 0) is 25.5 Å². The van der Waals surface area contributed by atoms with Crippen molar-refractivity contribution in [2.45, 2.75) is 60.8 Å². The summed E-state index contributed by atoms with van der Waals surface area (Å²) in [6.07, 6.45) is 11.0. The summed E-state index contributed by atoms with van der Waals surface area (Å²) in [5.41, 5.74) is 8.80. The number of allylic oxidation sites excluding steroid dienone is 3. The first kappa shape index (κ1) is 37.6. The molecule has 11 heteroatoms. The zero-order chi connectivity index (χ0) is 36.0. The van der Waals surface area contributed by atoms with Crippen molar-refractivity contribution in [3.8, 4) is 0 Å². The Bertz CT molecular complexity index is 2190. The number of rotatable bonds is 9. The van der Waals surface area contributed by atoms with Crippen LogP contribution in [0, 0.1) is 31.6 Å². The number of carbonyl (C=O) groups excluding carboxylic acids is 4. The van der Waals surface area contributed by atoms with E-state index in [9.17, 15) is 19.2 Å². The Labute approximate surface area is 313 Å². The molecule has 10 nitrogen and oxygen atoms in total. The van der Waals surface area contributed by atoms with Crippen molar-refractivity contribution in [1.82, 2.24) is 20.3 Å². The molecule has 0 aromatic carbocycles. The number of carbonyl (C=O) groups is 4. The number of hydrogen-bond donors (Lipinski definition) is 1. The van der Waals surface area contributed by atoms with Gasteiger partial charge >= 0.3 is 35.0 Å². The number of hydrogen-bond acceptors (Lipinski definition) is 7. The number of nitrogens with zero attached hydrogens (tertiary/aromatic N) is 3. The molecule has 1 N–H and O–H groups in total. The average Bonchev–Trinajstić information content (AvgIpc) is 3.83. The number of aldehydes is 1. The van der Waals surface area contributed by atoms with Crippen molar-refractivity contribution in [2.24, 2.45) is 17.8 Å². The second-order valence-electron chi connectivity index (χ2n) is 13.3. The largest absolute Gasteiger partial charge is 2.00 e. The molecule has 0 unspecified atom stereocenters. The Morgan fingerprint density at radius 3 is 2.35 bits per heavy atom. The van der Waals surface area contributed by atoms with Crippen LogP contribution in [-0.4, -0.2) is 60.8 Å². The number of esters is 2. The molecule has 51 heavy (non-hydrogen) atoms. The molecule has 0 radical (unpaired) electrons. The van der Waals surface area contributed by atoms with Gasteiger partial charge in [0.2, 0.25) is 0 Å². The third kappa shape index (κ3) is 6.53. The summed E-state index contributed by atoms with van der Waals surface area (Å²) >= 11 is 0. The monoisotopic (exact) mass is 697 g/mol. The molecule has 6 rings (SSSR count). The Kier molecular flexibility index (Phi) is 11.0. The molecule has 0 amide bonds. The SMILES string of the molecule is C=Cc1c2[n-]c(c1C=O)/C=C1\N/C(=C3\c4[n-]c(c(C)c4C(=O)[C@@H]3C(=O)OC)/C=c3\[n-]/c(c(C)c3CC)=C\2)[C@@H](CCC(=O)OCC=C(C)C)[C@@H]1C.[Mg+2]. The molecule has 1 fully saturated rings. The molecular formula is C40H41MgN4O6-. The third-order valence-corrected chi connectivity index (χ3v) is 10.1. The Hall–Kier alpha value is -4.61. The minimum atomic E-state index is -1.24. The molecule has 1 saturated heterocycles. The van der Waals surface area contributed by atoms with E-state index in [2.05, 4.69) is 18.8 Å². The Balaban J connectivity index is 0.00000504. The van der Waals surface area contributed by atoms with Gasteiger partial charge in [-0.2, -0.15) is 0 Å². The number of methoxy groups -OCH3 is 1. The summed E-state index contributed by atoms with van der Waals surface area (Å²) in [6, 6.07) is 0. The average molecular weight is 698 g/mol. The van der Waals surface area contributed by atoms with E-state index < -0.39 is 11.9 Å². The van der Waals surface area contributed by atoms with Crippen LogP contribution in [0.25, 0.3) is 29.9 Å². The van der Waals surface area contributed by atoms with Crippen LogP contribution >= 0.6 is 0 Å². The fraction of sp³-hybridized carbons (Fsp3) is 0.350. The molecule has 3 aliphatic rings. The van der Waals surface area contributed by atoms with Gasteiger partial charge in [-0.25, -0.2) is 0 Å². The topological polar surface area (TPSA) is 141 Å². The van der Waals surface area contributed by atoms with Crippen molar-refractivity contribution in [3.63, 3.8) is 0 Å². The van der Waals surface area contributed by atoms with Crippen molar-refractivity contribution >= 4 is 76.9 Å². The molecule has 0 saturated carbocycles. The zero-order valence-corrected chi connectivity index (χ0v) is 31.6. The number of ketones is 1. The Morgan fingerprint density at radius 1 is 1.00 bits per heavy atom. The van der Waals surface area contributed by atoms with Crippen LogP contribution in [0.15, 0.2) is 29.6 Å². The van der Waals surface area contributed by atoms with Gasteiger partial charge in [-0.05, 0) is 57.7 Å². The predicted octanol–water partition coefficient (Wildman–Crippen LogP) is 3.67. The predicted molar refractivity (Wildman–Crippen MR) is 196 cm³/mol. The van der Waals surface area contributed by atoms with Crippen LogP contribution in [0.5, 0.6) is 0 Å². The van der Waals surface area contributed by atoms with E-state index >= 15 is 0 Å².